The Morgan fingerprint density at radius 2 is 2.00 bits per heavy atom. The molecule has 0 radical (unpaired) electrons. The van der Waals surface area contributed by atoms with Crippen molar-refractivity contribution >= 4 is 29.0 Å². The number of fused-ring (bicyclic) bond motifs is 1. The normalized spacial score (nSPS) is 11.2. The third-order valence-corrected chi connectivity index (χ3v) is 5.38. The number of aryl methyl sites for hydroxylation is 1. The molecule has 0 aliphatic rings. The molecule has 0 saturated carbocycles. The summed E-state index contributed by atoms with van der Waals surface area (Å²) in [4.78, 5) is 12.9. The van der Waals surface area contributed by atoms with Gasteiger partial charge in [0.15, 0.2) is 5.16 Å². The van der Waals surface area contributed by atoms with Crippen LogP contribution in [0.2, 0.25) is 5.02 Å². The molecule has 0 spiro atoms. The van der Waals surface area contributed by atoms with Gasteiger partial charge >= 0.3 is 5.56 Å². The molecule has 0 aliphatic heterocycles. The zero-order chi connectivity index (χ0) is 19.0. The van der Waals surface area contributed by atoms with E-state index in [2.05, 4.69) is 10.2 Å². The quantitative estimate of drug-likeness (QED) is 0.480. The average molecular weight is 401 g/mol. The van der Waals surface area contributed by atoms with Crippen LogP contribution in [0.15, 0.2) is 64.8 Å². The van der Waals surface area contributed by atoms with Crippen LogP contribution in [0, 0.1) is 12.7 Å². The number of hydrogen-bond acceptors (Lipinski definition) is 4. The van der Waals surface area contributed by atoms with Gasteiger partial charge in [-0.1, -0.05) is 41.6 Å². The van der Waals surface area contributed by atoms with E-state index in [4.69, 9.17) is 11.6 Å². The highest BCUT2D eigenvalue weighted by atomic mass is 35.5. The molecule has 0 fully saturated rings. The summed E-state index contributed by atoms with van der Waals surface area (Å²) in [6, 6.07) is 11.8. The molecule has 0 unspecified atom stereocenters. The van der Waals surface area contributed by atoms with Gasteiger partial charge in [-0.05, 0) is 42.3 Å². The number of hydrogen-bond donors (Lipinski definition) is 0. The van der Waals surface area contributed by atoms with Crippen molar-refractivity contribution in [1.29, 1.82) is 0 Å². The molecular formula is C19H14ClFN4OS. The van der Waals surface area contributed by atoms with E-state index in [1.165, 1.54) is 28.5 Å². The Bertz CT molecular complexity index is 1200. The van der Waals surface area contributed by atoms with Crippen LogP contribution in [-0.4, -0.2) is 19.2 Å². The van der Waals surface area contributed by atoms with Gasteiger partial charge in [0.25, 0.3) is 0 Å². The number of thioether (sulfide) groups is 1. The molecule has 0 atom stereocenters. The first-order valence-corrected chi connectivity index (χ1v) is 9.49. The maximum absolute atomic E-state index is 13.3. The third-order valence-electron chi connectivity index (χ3n) is 4.13. The largest absolute Gasteiger partial charge is 0.300 e. The van der Waals surface area contributed by atoms with E-state index in [0.29, 0.717) is 21.6 Å². The van der Waals surface area contributed by atoms with E-state index >= 15 is 0 Å². The fourth-order valence-corrected chi connectivity index (χ4v) is 3.80. The van der Waals surface area contributed by atoms with Crippen molar-refractivity contribution in [3.8, 4) is 5.69 Å². The number of benzene rings is 2. The van der Waals surface area contributed by atoms with Gasteiger partial charge in [0.05, 0.1) is 5.69 Å². The van der Waals surface area contributed by atoms with Crippen molar-refractivity contribution in [2.75, 3.05) is 0 Å². The summed E-state index contributed by atoms with van der Waals surface area (Å²) in [7, 11) is 0. The molecule has 0 N–H and O–H groups in total. The van der Waals surface area contributed by atoms with Crippen LogP contribution < -0.4 is 5.56 Å². The van der Waals surface area contributed by atoms with Crippen molar-refractivity contribution in [2.45, 2.75) is 17.8 Å². The lowest BCUT2D eigenvalue weighted by atomic mass is 10.2. The average Bonchev–Trinajstić information content (AvgIpc) is 3.07. The highest BCUT2D eigenvalue weighted by Crippen LogP contribution is 2.22. The maximum Gasteiger partial charge on any atom is 0.300 e. The molecule has 0 saturated heterocycles. The summed E-state index contributed by atoms with van der Waals surface area (Å²) in [5.74, 6) is 0.244. The molecule has 8 heteroatoms. The van der Waals surface area contributed by atoms with Gasteiger partial charge < -0.3 is 0 Å². The first-order valence-electron chi connectivity index (χ1n) is 8.13. The molecule has 0 amide bonds. The van der Waals surface area contributed by atoms with Gasteiger partial charge in [0.2, 0.25) is 5.65 Å². The van der Waals surface area contributed by atoms with Crippen LogP contribution in [0.1, 0.15) is 11.1 Å². The molecule has 0 bridgehead atoms. The highest BCUT2D eigenvalue weighted by Gasteiger charge is 2.13. The van der Waals surface area contributed by atoms with Crippen LogP contribution >= 0.6 is 23.4 Å². The van der Waals surface area contributed by atoms with E-state index in [-0.39, 0.29) is 17.0 Å². The summed E-state index contributed by atoms with van der Waals surface area (Å²) in [6.45, 7) is 1.91. The number of halogens is 2. The van der Waals surface area contributed by atoms with E-state index < -0.39 is 0 Å². The van der Waals surface area contributed by atoms with Crippen molar-refractivity contribution in [1.82, 2.24) is 19.2 Å². The minimum Gasteiger partial charge on any atom is -0.279 e. The van der Waals surface area contributed by atoms with Gasteiger partial charge in [-0.2, -0.15) is 0 Å². The molecule has 5 nitrogen and oxygen atoms in total. The third kappa shape index (κ3) is 3.48. The molecule has 2 heterocycles. The van der Waals surface area contributed by atoms with E-state index in [1.807, 2.05) is 19.1 Å². The van der Waals surface area contributed by atoms with E-state index in [0.717, 1.165) is 11.1 Å². The minimum atomic E-state index is -0.284. The lowest BCUT2D eigenvalue weighted by Crippen LogP contribution is -2.21. The first kappa shape index (κ1) is 17.8. The molecular weight excluding hydrogens is 387 g/mol. The van der Waals surface area contributed by atoms with Crippen molar-refractivity contribution < 1.29 is 4.39 Å². The Balaban J connectivity index is 1.69. The van der Waals surface area contributed by atoms with Crippen LogP contribution in [-0.2, 0) is 5.75 Å². The molecule has 2 aromatic heterocycles. The fourth-order valence-electron chi connectivity index (χ4n) is 2.77. The first-order chi connectivity index (χ1) is 13.0. The predicted molar refractivity (Wildman–Crippen MR) is 104 cm³/mol. The van der Waals surface area contributed by atoms with Crippen LogP contribution in [0.5, 0.6) is 0 Å². The Morgan fingerprint density at radius 1 is 1.15 bits per heavy atom. The molecule has 27 heavy (non-hydrogen) atoms. The lowest BCUT2D eigenvalue weighted by Gasteiger charge is -2.10. The van der Waals surface area contributed by atoms with Crippen molar-refractivity contribution in [3.63, 3.8) is 0 Å². The van der Waals surface area contributed by atoms with Crippen molar-refractivity contribution in [3.05, 3.63) is 87.2 Å². The Morgan fingerprint density at radius 3 is 2.81 bits per heavy atom. The van der Waals surface area contributed by atoms with Gasteiger partial charge in [0, 0.05) is 23.2 Å². The number of nitrogens with zero attached hydrogens (tertiary/aromatic N) is 4. The van der Waals surface area contributed by atoms with Crippen LogP contribution in [0.4, 0.5) is 4.39 Å². The van der Waals surface area contributed by atoms with Gasteiger partial charge in [-0.15, -0.1) is 10.2 Å². The molecule has 2 aromatic carbocycles. The van der Waals surface area contributed by atoms with Crippen LogP contribution in [0.25, 0.3) is 11.3 Å². The second-order valence-corrected chi connectivity index (χ2v) is 7.38. The number of aromatic nitrogens is 4. The van der Waals surface area contributed by atoms with Gasteiger partial charge in [-0.3, -0.25) is 13.8 Å². The molecule has 4 rings (SSSR count). The number of rotatable bonds is 4. The topological polar surface area (TPSA) is 52.2 Å². The Labute approximate surface area is 163 Å². The summed E-state index contributed by atoms with van der Waals surface area (Å²) in [6.07, 6.45) is 3.41. The monoisotopic (exact) mass is 400 g/mol. The lowest BCUT2D eigenvalue weighted by molar-refractivity contribution is 0.626. The molecule has 0 aliphatic carbocycles. The fraction of sp³-hybridized carbons (Fsp3) is 0.105. The second kappa shape index (κ2) is 7.17. The summed E-state index contributed by atoms with van der Waals surface area (Å²) in [5, 5.41) is 9.27. The minimum absolute atomic E-state index is 0.221. The van der Waals surface area contributed by atoms with Crippen molar-refractivity contribution in [2.24, 2.45) is 0 Å². The summed E-state index contributed by atoms with van der Waals surface area (Å²) >= 11 is 7.46. The Hall–Kier alpha value is -2.64. The van der Waals surface area contributed by atoms with Gasteiger partial charge in [0.1, 0.15) is 5.82 Å². The smallest absolute Gasteiger partial charge is 0.279 e. The molecule has 136 valence electrons. The summed E-state index contributed by atoms with van der Waals surface area (Å²) in [5.41, 5.74) is 2.39. The highest BCUT2D eigenvalue weighted by molar-refractivity contribution is 7.98. The van der Waals surface area contributed by atoms with Gasteiger partial charge in [-0.25, -0.2) is 4.39 Å². The zero-order valence-electron chi connectivity index (χ0n) is 14.3. The standard InChI is InChI=1S/C19H14ClFN4OS/c1-12-5-6-14(20)10-16(12)24-7-8-25-17(18(24)26)22-23-19(25)27-11-13-3-2-4-15(21)9-13/h2-10H,11H2,1H3. The zero-order valence-corrected chi connectivity index (χ0v) is 15.8. The Kier molecular flexibility index (Phi) is 4.72. The SMILES string of the molecule is Cc1ccc(Cl)cc1-n1ccn2c(SCc3cccc(F)c3)nnc2c1=O. The molecule has 4 aromatic rings. The van der Waals surface area contributed by atoms with E-state index in [9.17, 15) is 9.18 Å². The second-order valence-electron chi connectivity index (χ2n) is 6.00. The van der Waals surface area contributed by atoms with E-state index in [1.54, 1.807) is 35.0 Å². The predicted octanol–water partition coefficient (Wildman–Crippen LogP) is 4.27. The summed E-state index contributed by atoms with van der Waals surface area (Å²) < 4.78 is 16.5. The van der Waals surface area contributed by atoms with Crippen LogP contribution in [0.3, 0.4) is 0 Å². The maximum atomic E-state index is 13.3.